The zero-order valence-electron chi connectivity index (χ0n) is 7.95. The number of aromatic carboxylic acids is 2. The summed E-state index contributed by atoms with van der Waals surface area (Å²) >= 11 is 0. The molecule has 0 aliphatic carbocycles. The summed E-state index contributed by atoms with van der Waals surface area (Å²) in [4.78, 5) is 28.5. The van der Waals surface area contributed by atoms with E-state index in [-0.39, 0.29) is 41.0 Å². The minimum atomic E-state index is -1.40. The molecule has 16 heavy (non-hydrogen) atoms. The van der Waals surface area contributed by atoms with E-state index < -0.39 is 11.9 Å². The van der Waals surface area contributed by atoms with Crippen LogP contribution >= 0.6 is 0 Å². The summed E-state index contributed by atoms with van der Waals surface area (Å²) in [5.41, 5.74) is -0.339. The van der Waals surface area contributed by atoms with E-state index >= 15 is 0 Å². The van der Waals surface area contributed by atoms with Crippen LogP contribution in [0.25, 0.3) is 0 Å². The minimum absolute atomic E-state index is 0. The number of rotatable bonds is 2. The SMILES string of the molecule is C=O.O=C([O-])c1cccc(C(=O)[O-])c1.[OH-].[Sb+3]. The first-order valence-corrected chi connectivity index (χ1v) is 3.43. The van der Waals surface area contributed by atoms with Crippen LogP contribution in [0.1, 0.15) is 20.7 Å². The zero-order chi connectivity index (χ0) is 11.1. The van der Waals surface area contributed by atoms with E-state index in [9.17, 15) is 19.8 Å². The van der Waals surface area contributed by atoms with Gasteiger partial charge in [-0.1, -0.05) is 18.2 Å². The maximum Gasteiger partial charge on any atom is 3.00 e. The average Bonchev–Trinajstić information content (AvgIpc) is 2.21. The second kappa shape index (κ2) is 10.1. The van der Waals surface area contributed by atoms with Crippen molar-refractivity contribution in [1.29, 1.82) is 0 Å². The first-order valence-electron chi connectivity index (χ1n) is 3.43. The third-order valence-electron chi connectivity index (χ3n) is 1.33. The van der Waals surface area contributed by atoms with E-state index in [0.717, 1.165) is 6.07 Å². The topological polar surface area (TPSA) is 127 Å². The maximum atomic E-state index is 10.3. The first kappa shape index (κ1) is 20.1. The molecule has 0 saturated heterocycles. The Morgan fingerprint density at radius 3 is 1.56 bits per heavy atom. The Morgan fingerprint density at radius 2 is 1.31 bits per heavy atom. The van der Waals surface area contributed by atoms with Gasteiger partial charge in [0.25, 0.3) is 0 Å². The van der Waals surface area contributed by atoms with Crippen molar-refractivity contribution in [2.45, 2.75) is 0 Å². The third-order valence-corrected chi connectivity index (χ3v) is 1.33. The summed E-state index contributed by atoms with van der Waals surface area (Å²) in [6.45, 7) is 2.00. The van der Waals surface area contributed by atoms with Gasteiger partial charge in [0.2, 0.25) is 0 Å². The molecule has 0 aliphatic heterocycles. The summed E-state index contributed by atoms with van der Waals surface area (Å²) in [5, 5.41) is 20.5. The van der Waals surface area contributed by atoms with E-state index in [0.29, 0.717) is 0 Å². The molecule has 1 N–H and O–H groups in total. The molecule has 84 valence electrons. The van der Waals surface area contributed by atoms with Gasteiger partial charge in [-0.15, -0.1) is 0 Å². The molecule has 7 heteroatoms. The van der Waals surface area contributed by atoms with Crippen molar-refractivity contribution >= 4 is 43.2 Å². The van der Waals surface area contributed by atoms with Gasteiger partial charge in [0.05, 0.1) is 11.9 Å². The molecule has 0 spiro atoms. The summed E-state index contributed by atoms with van der Waals surface area (Å²) in [5.74, 6) is -2.81. The van der Waals surface area contributed by atoms with Crippen LogP contribution in [0.15, 0.2) is 24.3 Å². The number of hydrogen-bond donors (Lipinski definition) is 0. The molecule has 0 heterocycles. The number of carbonyl (C=O) groups excluding carboxylic acids is 3. The molecule has 1 rings (SSSR count). The van der Waals surface area contributed by atoms with Crippen molar-refractivity contribution in [3.8, 4) is 0 Å². The number of carbonyl (C=O) groups is 3. The summed E-state index contributed by atoms with van der Waals surface area (Å²) in [6, 6.07) is 4.81. The molecular weight excluding hydrogens is 326 g/mol. The Kier molecular flexibility index (Phi) is 12.7. The van der Waals surface area contributed by atoms with Crippen molar-refractivity contribution in [2.75, 3.05) is 0 Å². The van der Waals surface area contributed by atoms with Crippen molar-refractivity contribution in [3.05, 3.63) is 35.4 Å². The summed E-state index contributed by atoms with van der Waals surface area (Å²) < 4.78 is 0. The number of carboxylic acids is 2. The zero-order valence-corrected chi connectivity index (χ0v) is 10.5. The quantitative estimate of drug-likeness (QED) is 0.559. The average molecular weight is 333 g/mol. The van der Waals surface area contributed by atoms with Crippen LogP contribution in [0.5, 0.6) is 0 Å². The molecule has 0 saturated carbocycles. The van der Waals surface area contributed by atoms with Gasteiger partial charge < -0.3 is 30.1 Å². The number of carboxylic acid groups (broad SMARTS) is 2. The van der Waals surface area contributed by atoms with E-state index in [1.165, 1.54) is 18.2 Å². The third kappa shape index (κ3) is 6.16. The van der Waals surface area contributed by atoms with Gasteiger partial charge in [0, 0.05) is 0 Å². The Hall–Kier alpha value is -1.39. The fourth-order valence-electron chi connectivity index (χ4n) is 0.773. The van der Waals surface area contributed by atoms with Gasteiger partial charge >= 0.3 is 24.4 Å². The van der Waals surface area contributed by atoms with Crippen LogP contribution in [0.4, 0.5) is 0 Å². The molecular formula is C9H7O6Sb. The predicted octanol–water partition coefficient (Wildman–Crippen LogP) is -2.33. The summed E-state index contributed by atoms with van der Waals surface area (Å²) in [6.07, 6.45) is 0. The molecule has 6 nitrogen and oxygen atoms in total. The fourth-order valence-corrected chi connectivity index (χ4v) is 0.773. The molecule has 1 aromatic rings. The summed E-state index contributed by atoms with van der Waals surface area (Å²) in [7, 11) is 0. The Balaban J connectivity index is -0.000000399. The molecule has 0 aliphatic rings. The molecule has 0 fully saturated rings. The van der Waals surface area contributed by atoms with E-state index in [1.807, 2.05) is 6.79 Å². The van der Waals surface area contributed by atoms with Crippen LogP contribution in [0.3, 0.4) is 0 Å². The molecule has 0 atom stereocenters. The van der Waals surface area contributed by atoms with Crippen molar-refractivity contribution < 1.29 is 30.1 Å². The molecule has 1 aromatic carbocycles. The van der Waals surface area contributed by atoms with Crippen molar-refractivity contribution in [2.24, 2.45) is 0 Å². The smallest absolute Gasteiger partial charge is 0.870 e. The van der Waals surface area contributed by atoms with Gasteiger partial charge in [-0.05, 0) is 17.2 Å². The van der Waals surface area contributed by atoms with Crippen LogP contribution in [-0.4, -0.2) is 48.6 Å². The minimum Gasteiger partial charge on any atom is -0.870 e. The largest absolute Gasteiger partial charge is 3.00 e. The van der Waals surface area contributed by atoms with E-state index in [2.05, 4.69) is 0 Å². The van der Waals surface area contributed by atoms with Gasteiger partial charge in [-0.25, -0.2) is 0 Å². The molecule has 0 unspecified atom stereocenters. The maximum absolute atomic E-state index is 10.3. The van der Waals surface area contributed by atoms with Crippen LogP contribution in [0.2, 0.25) is 0 Å². The van der Waals surface area contributed by atoms with E-state index in [4.69, 9.17) is 4.79 Å². The number of hydrogen-bond acceptors (Lipinski definition) is 6. The normalized spacial score (nSPS) is 7.25. The van der Waals surface area contributed by atoms with Gasteiger partial charge in [-0.3, -0.25) is 0 Å². The monoisotopic (exact) mass is 332 g/mol. The Bertz CT molecular complexity index is 322. The van der Waals surface area contributed by atoms with Gasteiger partial charge in [0.1, 0.15) is 6.79 Å². The second-order valence-electron chi connectivity index (χ2n) is 2.16. The van der Waals surface area contributed by atoms with Crippen LogP contribution in [-0.2, 0) is 4.79 Å². The van der Waals surface area contributed by atoms with Gasteiger partial charge in [-0.2, -0.15) is 0 Å². The standard InChI is InChI=1S/C8H6O4.CH2O.H2O.Sb/c9-7(10)5-2-1-3-6(4-5)8(11)12;1-2;;/h1-4H,(H,9,10)(H,11,12);1H2;1H2;/q;;;+3/p-3. The second-order valence-corrected chi connectivity index (χ2v) is 2.16. The van der Waals surface area contributed by atoms with Crippen molar-refractivity contribution in [1.82, 2.24) is 0 Å². The fraction of sp³-hybridized carbons (Fsp3) is 0. The van der Waals surface area contributed by atoms with Crippen LogP contribution in [0, 0.1) is 0 Å². The molecule has 0 amide bonds. The first-order chi connectivity index (χ1) is 6.61. The Labute approximate surface area is 109 Å². The number of benzene rings is 1. The van der Waals surface area contributed by atoms with Crippen LogP contribution < -0.4 is 10.2 Å². The van der Waals surface area contributed by atoms with Crippen molar-refractivity contribution in [3.63, 3.8) is 0 Å². The molecule has 0 bridgehead atoms. The Morgan fingerprint density at radius 1 is 1.00 bits per heavy atom. The molecule has 0 aromatic heterocycles. The van der Waals surface area contributed by atoms with E-state index in [1.54, 1.807) is 0 Å². The van der Waals surface area contributed by atoms with Gasteiger partial charge in [0.15, 0.2) is 0 Å². The molecule has 2 radical (unpaired) electrons. The predicted molar refractivity (Wildman–Crippen MR) is 49.9 cm³/mol.